The third kappa shape index (κ3) is 5.48. The number of rotatable bonds is 4. The Bertz CT molecular complexity index is 1220. The van der Waals surface area contributed by atoms with Crippen LogP contribution < -0.4 is 5.32 Å². The number of fused-ring (bicyclic) bond motifs is 1. The molecule has 7 nitrogen and oxygen atoms in total. The fourth-order valence-electron chi connectivity index (χ4n) is 4.76. The van der Waals surface area contributed by atoms with Crippen molar-refractivity contribution in [2.75, 3.05) is 26.7 Å². The Balaban J connectivity index is 1.73. The highest BCUT2D eigenvalue weighted by Crippen LogP contribution is 2.32. The summed E-state index contributed by atoms with van der Waals surface area (Å²) >= 11 is 0. The molecule has 1 N–H and O–H groups in total. The van der Waals surface area contributed by atoms with Gasteiger partial charge in [0.1, 0.15) is 17.7 Å². The number of carbonyl (C=O) groups is 2. The summed E-state index contributed by atoms with van der Waals surface area (Å²) in [5, 5.41) is 2.67. The van der Waals surface area contributed by atoms with Crippen molar-refractivity contribution in [2.24, 2.45) is 5.41 Å². The van der Waals surface area contributed by atoms with Gasteiger partial charge in [0.25, 0.3) is 11.8 Å². The highest BCUT2D eigenvalue weighted by molar-refractivity contribution is 5.98. The molecule has 1 fully saturated rings. The number of hydrogen-bond acceptors (Lipinski definition) is 4. The first kappa shape index (κ1) is 27.0. The van der Waals surface area contributed by atoms with E-state index in [0.29, 0.717) is 37.3 Å². The Morgan fingerprint density at radius 2 is 1.73 bits per heavy atom. The molecule has 0 spiro atoms. The summed E-state index contributed by atoms with van der Waals surface area (Å²) in [5.41, 5.74) is -0.801. The van der Waals surface area contributed by atoms with Crippen LogP contribution >= 0.6 is 0 Å². The van der Waals surface area contributed by atoms with Crippen LogP contribution in [0.2, 0.25) is 0 Å². The molecule has 2 aliphatic heterocycles. The van der Waals surface area contributed by atoms with Crippen LogP contribution in [0.3, 0.4) is 0 Å². The fraction of sp³-hybridized carbons (Fsp3) is 0.560. The highest BCUT2D eigenvalue weighted by atomic mass is 19.3. The minimum Gasteiger partial charge on any atom is -0.338 e. The second-order valence-electron chi connectivity index (χ2n) is 10.9. The Morgan fingerprint density at radius 3 is 2.35 bits per heavy atom. The zero-order chi connectivity index (χ0) is 27.3. The zero-order valence-corrected chi connectivity index (χ0v) is 21.2. The predicted molar refractivity (Wildman–Crippen MR) is 125 cm³/mol. The summed E-state index contributed by atoms with van der Waals surface area (Å²) < 4.78 is 71.4. The van der Waals surface area contributed by atoms with Crippen LogP contribution in [0.15, 0.2) is 12.1 Å². The van der Waals surface area contributed by atoms with Crippen LogP contribution in [-0.2, 0) is 17.9 Å². The predicted octanol–water partition coefficient (Wildman–Crippen LogP) is 3.82. The Kier molecular flexibility index (Phi) is 7.08. The first-order chi connectivity index (χ1) is 17.2. The van der Waals surface area contributed by atoms with Crippen LogP contribution in [0.25, 0.3) is 11.4 Å². The van der Waals surface area contributed by atoms with Gasteiger partial charge in [-0.15, -0.1) is 0 Å². The van der Waals surface area contributed by atoms with Crippen molar-refractivity contribution in [1.29, 1.82) is 0 Å². The number of nitrogens with zero attached hydrogens (tertiary/aromatic N) is 4. The molecule has 0 bridgehead atoms. The molecule has 1 aromatic heterocycles. The number of benzene rings is 1. The molecular formula is C25H30F5N5O2. The van der Waals surface area contributed by atoms with Crippen molar-refractivity contribution in [3.05, 3.63) is 41.0 Å². The van der Waals surface area contributed by atoms with Gasteiger partial charge in [-0.25, -0.2) is 26.9 Å². The molecule has 12 heteroatoms. The smallest absolute Gasteiger partial charge is 0.272 e. The maximum absolute atomic E-state index is 14.7. The van der Waals surface area contributed by atoms with Gasteiger partial charge in [0.15, 0.2) is 17.3 Å². The second-order valence-corrected chi connectivity index (χ2v) is 10.9. The summed E-state index contributed by atoms with van der Waals surface area (Å²) in [7, 11) is 1.83. The van der Waals surface area contributed by atoms with Gasteiger partial charge in [-0.05, 0) is 31.5 Å². The lowest BCUT2D eigenvalue weighted by Gasteiger charge is -2.33. The number of nitrogens with one attached hydrogen (secondary N) is 1. The van der Waals surface area contributed by atoms with Gasteiger partial charge in [0.2, 0.25) is 5.91 Å². The summed E-state index contributed by atoms with van der Waals surface area (Å²) in [6.07, 6.45) is 0.180. The van der Waals surface area contributed by atoms with Crippen molar-refractivity contribution in [1.82, 2.24) is 24.7 Å². The number of hydrogen-bond donors (Lipinski definition) is 1. The molecule has 2 aromatic rings. The standard InChI is InChI=1S/C25H30F5N5O2/c1-24(2,3)20(23(37)34-9-6-25(29,30)13-34)32-22(36)19-18-12-33(4)7-5-8-35(18)21(31-19)14-10-16(27)17(28)11-15(14)26/h10-11,20H,5-9,12-13H2,1-4H3,(H,32,36). The number of carbonyl (C=O) groups excluding carboxylic acids is 2. The first-order valence-electron chi connectivity index (χ1n) is 12.1. The first-order valence-corrected chi connectivity index (χ1v) is 12.1. The molecule has 3 heterocycles. The minimum atomic E-state index is -2.99. The van der Waals surface area contributed by atoms with Crippen LogP contribution in [0, 0.1) is 22.9 Å². The average Bonchev–Trinajstić information content (AvgIpc) is 3.26. The molecule has 2 amide bonds. The van der Waals surface area contributed by atoms with Crippen LogP contribution in [0.1, 0.15) is 49.8 Å². The van der Waals surface area contributed by atoms with Crippen molar-refractivity contribution in [3.8, 4) is 11.4 Å². The molecule has 2 aliphatic rings. The second kappa shape index (κ2) is 9.70. The normalized spacial score (nSPS) is 18.9. The molecule has 0 saturated carbocycles. The van der Waals surface area contributed by atoms with E-state index in [1.54, 1.807) is 25.3 Å². The number of imidazole rings is 1. The Morgan fingerprint density at radius 1 is 1.05 bits per heavy atom. The molecule has 1 unspecified atom stereocenters. The van der Waals surface area contributed by atoms with Gasteiger partial charge in [-0.3, -0.25) is 9.59 Å². The molecule has 0 radical (unpaired) electrons. The molecular weight excluding hydrogens is 497 g/mol. The summed E-state index contributed by atoms with van der Waals surface area (Å²) in [6, 6.07) is -0.0150. The van der Waals surface area contributed by atoms with E-state index in [2.05, 4.69) is 10.3 Å². The van der Waals surface area contributed by atoms with Crippen molar-refractivity contribution in [2.45, 2.75) is 58.7 Å². The van der Waals surface area contributed by atoms with Gasteiger partial charge < -0.3 is 19.7 Å². The quantitative estimate of drug-likeness (QED) is 0.485. The monoisotopic (exact) mass is 527 g/mol. The van der Waals surface area contributed by atoms with Gasteiger partial charge in [0, 0.05) is 32.1 Å². The van der Waals surface area contributed by atoms with Crippen molar-refractivity contribution < 1.29 is 31.5 Å². The molecule has 1 atom stereocenters. The Labute approximate surface area is 211 Å². The average molecular weight is 528 g/mol. The van der Waals surface area contributed by atoms with Crippen molar-refractivity contribution in [3.63, 3.8) is 0 Å². The number of aromatic nitrogens is 2. The van der Waals surface area contributed by atoms with E-state index in [-0.39, 0.29) is 30.2 Å². The number of halogens is 5. The third-order valence-corrected chi connectivity index (χ3v) is 6.75. The highest BCUT2D eigenvalue weighted by Gasteiger charge is 2.45. The van der Waals surface area contributed by atoms with E-state index in [1.807, 2.05) is 11.9 Å². The summed E-state index contributed by atoms with van der Waals surface area (Å²) in [5.74, 6) is -8.04. The topological polar surface area (TPSA) is 70.5 Å². The van der Waals surface area contributed by atoms with Crippen LogP contribution in [0.5, 0.6) is 0 Å². The zero-order valence-electron chi connectivity index (χ0n) is 21.2. The molecule has 4 rings (SSSR count). The maximum atomic E-state index is 14.7. The maximum Gasteiger partial charge on any atom is 0.272 e. The van der Waals surface area contributed by atoms with E-state index in [1.165, 1.54) is 0 Å². The van der Waals surface area contributed by atoms with E-state index < -0.39 is 59.6 Å². The lowest BCUT2D eigenvalue weighted by molar-refractivity contribution is -0.136. The number of alkyl halides is 2. The lowest BCUT2D eigenvalue weighted by Crippen LogP contribution is -2.54. The Hall–Kier alpha value is -3.02. The summed E-state index contributed by atoms with van der Waals surface area (Å²) in [4.78, 5) is 34.0. The number of likely N-dealkylation sites (tertiary alicyclic amines) is 1. The van der Waals surface area contributed by atoms with Crippen LogP contribution in [-0.4, -0.2) is 69.8 Å². The van der Waals surface area contributed by atoms with Gasteiger partial charge >= 0.3 is 0 Å². The molecule has 1 saturated heterocycles. The summed E-state index contributed by atoms with van der Waals surface area (Å²) in [6.45, 7) is 5.52. The largest absolute Gasteiger partial charge is 0.338 e. The minimum absolute atomic E-state index is 0.0373. The molecule has 37 heavy (non-hydrogen) atoms. The lowest BCUT2D eigenvalue weighted by atomic mass is 9.85. The SMILES string of the molecule is CN1CCCn2c(-c3cc(F)c(F)cc3F)nc(C(=O)NC(C(=O)N3CCC(F)(F)C3)C(C)(C)C)c2C1. The van der Waals surface area contributed by atoms with E-state index >= 15 is 0 Å². The molecule has 0 aliphatic carbocycles. The van der Waals surface area contributed by atoms with E-state index in [0.717, 1.165) is 4.90 Å². The van der Waals surface area contributed by atoms with E-state index in [4.69, 9.17) is 0 Å². The van der Waals surface area contributed by atoms with Crippen LogP contribution in [0.4, 0.5) is 22.0 Å². The third-order valence-electron chi connectivity index (χ3n) is 6.75. The van der Waals surface area contributed by atoms with Gasteiger partial charge in [0.05, 0.1) is 17.8 Å². The number of amides is 2. The fourth-order valence-corrected chi connectivity index (χ4v) is 4.76. The van der Waals surface area contributed by atoms with E-state index in [9.17, 15) is 31.5 Å². The van der Waals surface area contributed by atoms with Gasteiger partial charge in [-0.2, -0.15) is 0 Å². The molecule has 202 valence electrons. The van der Waals surface area contributed by atoms with Gasteiger partial charge in [-0.1, -0.05) is 20.8 Å². The molecule has 1 aromatic carbocycles. The van der Waals surface area contributed by atoms with Crippen molar-refractivity contribution >= 4 is 11.8 Å².